The molecule has 0 atom stereocenters. The van der Waals surface area contributed by atoms with Crippen LogP contribution >= 0.6 is 24.0 Å². The first-order valence-corrected chi connectivity index (χ1v) is 13.9. The van der Waals surface area contributed by atoms with Crippen molar-refractivity contribution >= 4 is 45.5 Å². The summed E-state index contributed by atoms with van der Waals surface area (Å²) in [5, 5.41) is 0. The third-order valence-electron chi connectivity index (χ3n) is 6.24. The number of thiocarbonyl (C=S) groups is 1. The number of anilines is 1. The van der Waals surface area contributed by atoms with E-state index in [1.165, 1.54) is 11.8 Å². The van der Waals surface area contributed by atoms with E-state index in [9.17, 15) is 4.79 Å². The largest absolute Gasteiger partial charge is 0.494 e. The Morgan fingerprint density at radius 1 is 0.919 bits per heavy atom. The fraction of sp³-hybridized carbons (Fsp3) is 0.226. The average Bonchev–Trinajstić information content (AvgIpc) is 3.23. The van der Waals surface area contributed by atoms with Gasteiger partial charge in [0.25, 0.3) is 5.91 Å². The lowest BCUT2D eigenvalue weighted by atomic mass is 9.97. The van der Waals surface area contributed by atoms with Gasteiger partial charge in [-0.1, -0.05) is 105 Å². The summed E-state index contributed by atoms with van der Waals surface area (Å²) in [7, 11) is 0. The molecule has 1 amide bonds. The summed E-state index contributed by atoms with van der Waals surface area (Å²) in [6.07, 6.45) is 4.86. The van der Waals surface area contributed by atoms with Crippen LogP contribution in [0.5, 0.6) is 5.75 Å². The summed E-state index contributed by atoms with van der Waals surface area (Å²) in [5.74, 6) is 0.683. The van der Waals surface area contributed by atoms with E-state index in [1.807, 2.05) is 72.8 Å². The van der Waals surface area contributed by atoms with Crippen molar-refractivity contribution in [3.63, 3.8) is 0 Å². The van der Waals surface area contributed by atoms with Crippen LogP contribution in [0.15, 0.2) is 102 Å². The summed E-state index contributed by atoms with van der Waals surface area (Å²) in [6.45, 7) is 8.15. The lowest BCUT2D eigenvalue weighted by Crippen LogP contribution is -2.27. The number of hydrogen-bond donors (Lipinski definition) is 0. The maximum absolute atomic E-state index is 13.3. The molecule has 37 heavy (non-hydrogen) atoms. The maximum Gasteiger partial charge on any atom is 0.270 e. The molecule has 0 saturated carbocycles. The molecule has 0 aromatic heterocycles. The van der Waals surface area contributed by atoms with Crippen molar-refractivity contribution in [1.29, 1.82) is 0 Å². The summed E-state index contributed by atoms with van der Waals surface area (Å²) in [4.78, 5) is 17.9. The molecule has 0 spiro atoms. The van der Waals surface area contributed by atoms with Crippen LogP contribution in [0.25, 0.3) is 5.57 Å². The minimum atomic E-state index is -0.111. The highest BCUT2D eigenvalue weighted by molar-refractivity contribution is 8.27. The molecule has 1 fully saturated rings. The van der Waals surface area contributed by atoms with Crippen molar-refractivity contribution in [3.8, 4) is 5.75 Å². The van der Waals surface area contributed by atoms with E-state index in [-0.39, 0.29) is 5.91 Å². The lowest BCUT2D eigenvalue weighted by molar-refractivity contribution is -0.113. The van der Waals surface area contributed by atoms with Crippen LogP contribution in [0.2, 0.25) is 0 Å². The van der Waals surface area contributed by atoms with Crippen molar-refractivity contribution in [3.05, 3.63) is 113 Å². The van der Waals surface area contributed by atoms with Gasteiger partial charge in [-0.25, -0.2) is 0 Å². The normalized spacial score (nSPS) is 14.5. The topological polar surface area (TPSA) is 32.8 Å². The van der Waals surface area contributed by atoms with Crippen molar-refractivity contribution in [2.24, 2.45) is 0 Å². The number of carbonyl (C=O) groups is 1. The van der Waals surface area contributed by atoms with Crippen molar-refractivity contribution < 1.29 is 9.53 Å². The molecule has 0 bridgehead atoms. The van der Waals surface area contributed by atoms with Gasteiger partial charge in [-0.3, -0.25) is 9.69 Å². The standard InChI is InChI=1S/C31H32N2O2S2/c1-3-32(4-2)22-11-23-35-27-18-16-26(17-19-27)33-30(34)29(37-31(33)36)21-20-28(24-12-7-5-8-13-24)25-14-9-6-10-15-25/h5-10,12-21H,3-4,11,22-23H2,1-2H3/b29-21-. The van der Waals surface area contributed by atoms with Gasteiger partial charge in [0.05, 0.1) is 17.2 Å². The highest BCUT2D eigenvalue weighted by atomic mass is 32.2. The zero-order chi connectivity index (χ0) is 26.0. The predicted octanol–water partition coefficient (Wildman–Crippen LogP) is 7.18. The Bertz CT molecular complexity index is 1210. The molecular formula is C31H32N2O2S2. The first-order valence-electron chi connectivity index (χ1n) is 12.6. The Morgan fingerprint density at radius 3 is 2.08 bits per heavy atom. The van der Waals surface area contributed by atoms with Crippen molar-refractivity contribution in [2.75, 3.05) is 31.1 Å². The Balaban J connectivity index is 1.46. The van der Waals surface area contributed by atoms with Gasteiger partial charge in [-0.05, 0) is 66.6 Å². The predicted molar refractivity (Wildman–Crippen MR) is 160 cm³/mol. The Hall–Kier alpha value is -3.19. The third-order valence-corrected chi connectivity index (χ3v) is 7.56. The van der Waals surface area contributed by atoms with Gasteiger partial charge < -0.3 is 9.64 Å². The molecule has 1 aliphatic heterocycles. The van der Waals surface area contributed by atoms with E-state index in [1.54, 1.807) is 4.90 Å². The van der Waals surface area contributed by atoms with Gasteiger partial charge in [0.15, 0.2) is 4.32 Å². The zero-order valence-corrected chi connectivity index (χ0v) is 22.9. The Labute approximate surface area is 229 Å². The molecule has 190 valence electrons. The van der Waals surface area contributed by atoms with Crippen LogP contribution in [-0.2, 0) is 4.79 Å². The lowest BCUT2D eigenvalue weighted by Gasteiger charge is -2.18. The number of allylic oxidation sites excluding steroid dienone is 2. The molecule has 3 aromatic rings. The minimum Gasteiger partial charge on any atom is -0.494 e. The molecule has 0 radical (unpaired) electrons. The number of ether oxygens (including phenoxy) is 1. The van der Waals surface area contributed by atoms with Gasteiger partial charge in [0, 0.05) is 6.54 Å². The van der Waals surface area contributed by atoms with E-state index < -0.39 is 0 Å². The summed E-state index contributed by atoms with van der Waals surface area (Å²) in [5.41, 5.74) is 3.98. The number of amides is 1. The minimum absolute atomic E-state index is 0.111. The number of nitrogens with zero attached hydrogens (tertiary/aromatic N) is 2. The van der Waals surface area contributed by atoms with Crippen LogP contribution in [0, 0.1) is 0 Å². The quantitative estimate of drug-likeness (QED) is 0.150. The second kappa shape index (κ2) is 13.4. The molecule has 6 heteroatoms. The Morgan fingerprint density at radius 2 is 1.51 bits per heavy atom. The Kier molecular flexibility index (Phi) is 9.71. The van der Waals surface area contributed by atoms with Gasteiger partial charge in [-0.15, -0.1) is 0 Å². The van der Waals surface area contributed by atoms with Gasteiger partial charge in [-0.2, -0.15) is 0 Å². The zero-order valence-electron chi connectivity index (χ0n) is 21.3. The number of benzene rings is 3. The molecule has 3 aromatic carbocycles. The average molecular weight is 529 g/mol. The van der Waals surface area contributed by atoms with E-state index in [4.69, 9.17) is 17.0 Å². The van der Waals surface area contributed by atoms with Crippen molar-refractivity contribution in [1.82, 2.24) is 4.90 Å². The number of hydrogen-bond acceptors (Lipinski definition) is 5. The highest BCUT2D eigenvalue weighted by Gasteiger charge is 2.33. The van der Waals surface area contributed by atoms with Gasteiger partial charge in [0.1, 0.15) is 5.75 Å². The van der Waals surface area contributed by atoms with Crippen LogP contribution in [-0.4, -0.2) is 41.4 Å². The summed E-state index contributed by atoms with van der Waals surface area (Å²) in [6, 6.07) is 28.0. The van der Waals surface area contributed by atoms with E-state index >= 15 is 0 Å². The SMILES string of the molecule is CCN(CC)CCCOc1ccc(N2C(=O)/C(=C/C=C(c3ccccc3)c3ccccc3)SC2=S)cc1. The van der Waals surface area contributed by atoms with Crippen LogP contribution in [0.4, 0.5) is 5.69 Å². The third kappa shape index (κ3) is 6.98. The number of carbonyl (C=O) groups excluding carboxylic acids is 1. The highest BCUT2D eigenvalue weighted by Crippen LogP contribution is 2.36. The van der Waals surface area contributed by atoms with Gasteiger partial charge >= 0.3 is 0 Å². The second-order valence-corrected chi connectivity index (χ2v) is 10.3. The number of rotatable bonds is 11. The molecule has 0 aliphatic carbocycles. The smallest absolute Gasteiger partial charge is 0.270 e. The molecule has 1 saturated heterocycles. The summed E-state index contributed by atoms with van der Waals surface area (Å²) < 4.78 is 6.43. The molecular weight excluding hydrogens is 496 g/mol. The molecule has 4 nitrogen and oxygen atoms in total. The van der Waals surface area contributed by atoms with Gasteiger partial charge in [0.2, 0.25) is 0 Å². The maximum atomic E-state index is 13.3. The fourth-order valence-corrected chi connectivity index (χ4v) is 5.41. The van der Waals surface area contributed by atoms with E-state index in [0.29, 0.717) is 15.8 Å². The first-order chi connectivity index (χ1) is 18.1. The summed E-state index contributed by atoms with van der Waals surface area (Å²) >= 11 is 6.91. The molecule has 0 unspecified atom stereocenters. The molecule has 1 aliphatic rings. The molecule has 4 rings (SSSR count). The monoisotopic (exact) mass is 528 g/mol. The molecule has 1 heterocycles. The van der Waals surface area contributed by atoms with E-state index in [2.05, 4.69) is 43.0 Å². The van der Waals surface area contributed by atoms with Crippen molar-refractivity contribution in [2.45, 2.75) is 20.3 Å². The van der Waals surface area contributed by atoms with Crippen LogP contribution in [0.1, 0.15) is 31.4 Å². The van der Waals surface area contributed by atoms with E-state index in [0.717, 1.165) is 54.2 Å². The first kappa shape index (κ1) is 26.9. The van der Waals surface area contributed by atoms with Crippen LogP contribution < -0.4 is 9.64 Å². The van der Waals surface area contributed by atoms with Crippen LogP contribution in [0.3, 0.4) is 0 Å². The molecule has 0 N–H and O–H groups in total. The fourth-order valence-electron chi connectivity index (χ4n) is 4.17. The number of thioether (sulfide) groups is 1. The second-order valence-electron chi connectivity index (χ2n) is 8.57.